The second kappa shape index (κ2) is 6.87. The van der Waals surface area contributed by atoms with Crippen molar-refractivity contribution in [3.63, 3.8) is 0 Å². The molecule has 4 heteroatoms. The van der Waals surface area contributed by atoms with Crippen LogP contribution in [0.2, 0.25) is 0 Å². The van der Waals surface area contributed by atoms with E-state index in [0.717, 1.165) is 24.1 Å². The lowest BCUT2D eigenvalue weighted by atomic mass is 10.2. The summed E-state index contributed by atoms with van der Waals surface area (Å²) in [4.78, 5) is 0. The molecule has 0 atom stereocenters. The van der Waals surface area contributed by atoms with Crippen LogP contribution in [-0.4, -0.2) is 16.3 Å². The van der Waals surface area contributed by atoms with Gasteiger partial charge in [0.25, 0.3) is 0 Å². The minimum absolute atomic E-state index is 0.679. The summed E-state index contributed by atoms with van der Waals surface area (Å²) in [7, 11) is 0. The van der Waals surface area contributed by atoms with Crippen LogP contribution in [-0.2, 0) is 13.1 Å². The number of rotatable bonds is 6. The van der Waals surface area contributed by atoms with Gasteiger partial charge in [-0.25, -0.2) is 0 Å². The third kappa shape index (κ3) is 4.80. The molecule has 2 aromatic rings. The van der Waals surface area contributed by atoms with Gasteiger partial charge in [-0.05, 0) is 30.2 Å². The molecule has 0 aliphatic heterocycles. The van der Waals surface area contributed by atoms with Gasteiger partial charge in [-0.2, -0.15) is 5.10 Å². The molecule has 1 heterocycles. The molecule has 0 bridgehead atoms. The molecule has 1 aromatic heterocycles. The maximum Gasteiger partial charge on any atom is 0.0659 e. The Morgan fingerprint density at radius 1 is 1.21 bits per heavy atom. The number of hydrogen-bond donors (Lipinski definition) is 1. The van der Waals surface area contributed by atoms with Crippen LogP contribution in [0, 0.1) is 5.92 Å². The molecular formula is C15H20BrN3. The van der Waals surface area contributed by atoms with Crippen molar-refractivity contribution >= 4 is 15.9 Å². The monoisotopic (exact) mass is 321 g/mol. The summed E-state index contributed by atoms with van der Waals surface area (Å²) in [6.45, 7) is 7.17. The summed E-state index contributed by atoms with van der Waals surface area (Å²) in [5.74, 6) is 0.679. The number of nitrogens with zero attached hydrogens (tertiary/aromatic N) is 2. The van der Waals surface area contributed by atoms with E-state index < -0.39 is 0 Å². The molecule has 1 aromatic carbocycles. The van der Waals surface area contributed by atoms with Crippen LogP contribution in [0.3, 0.4) is 0 Å². The molecule has 0 unspecified atom stereocenters. The largest absolute Gasteiger partial charge is 0.312 e. The average molecular weight is 322 g/mol. The van der Waals surface area contributed by atoms with Gasteiger partial charge in [-0.1, -0.05) is 41.9 Å². The van der Waals surface area contributed by atoms with Crippen molar-refractivity contribution < 1.29 is 0 Å². The number of aromatic nitrogens is 2. The Balaban J connectivity index is 1.88. The molecule has 0 fully saturated rings. The molecule has 1 N–H and O–H groups in total. The maximum absolute atomic E-state index is 4.40. The summed E-state index contributed by atoms with van der Waals surface area (Å²) < 4.78 is 3.09. The average Bonchev–Trinajstić information content (AvgIpc) is 2.79. The second-order valence-corrected chi connectivity index (χ2v) is 6.11. The van der Waals surface area contributed by atoms with Gasteiger partial charge in [-0.15, -0.1) is 0 Å². The Labute approximate surface area is 123 Å². The SMILES string of the molecule is CC(C)CNCc1cnn(Cc2ccc(Br)cc2)c1. The van der Waals surface area contributed by atoms with Crippen LogP contribution in [0.4, 0.5) is 0 Å². The van der Waals surface area contributed by atoms with E-state index in [0.29, 0.717) is 5.92 Å². The van der Waals surface area contributed by atoms with Crippen molar-refractivity contribution in [2.24, 2.45) is 5.92 Å². The molecule has 102 valence electrons. The van der Waals surface area contributed by atoms with Gasteiger partial charge in [0.05, 0.1) is 12.7 Å². The van der Waals surface area contributed by atoms with Crippen molar-refractivity contribution in [3.05, 3.63) is 52.3 Å². The van der Waals surface area contributed by atoms with E-state index in [4.69, 9.17) is 0 Å². The van der Waals surface area contributed by atoms with Gasteiger partial charge in [0.15, 0.2) is 0 Å². The lowest BCUT2D eigenvalue weighted by molar-refractivity contribution is 0.552. The highest BCUT2D eigenvalue weighted by Gasteiger charge is 2.00. The zero-order valence-corrected chi connectivity index (χ0v) is 13.0. The Morgan fingerprint density at radius 2 is 1.95 bits per heavy atom. The molecule has 0 amide bonds. The molecule has 2 rings (SSSR count). The fraction of sp³-hybridized carbons (Fsp3) is 0.400. The van der Waals surface area contributed by atoms with Gasteiger partial charge in [0, 0.05) is 22.8 Å². The van der Waals surface area contributed by atoms with Crippen LogP contribution in [0.5, 0.6) is 0 Å². The van der Waals surface area contributed by atoms with E-state index in [1.165, 1.54) is 11.1 Å². The van der Waals surface area contributed by atoms with Crippen molar-refractivity contribution in [2.75, 3.05) is 6.54 Å². The first-order chi connectivity index (χ1) is 9.13. The summed E-state index contributed by atoms with van der Waals surface area (Å²) >= 11 is 3.44. The summed E-state index contributed by atoms with van der Waals surface area (Å²) in [6.07, 6.45) is 4.04. The molecule has 19 heavy (non-hydrogen) atoms. The van der Waals surface area contributed by atoms with E-state index in [1.807, 2.05) is 10.9 Å². The van der Waals surface area contributed by atoms with Crippen LogP contribution >= 0.6 is 15.9 Å². The molecule has 0 aliphatic carbocycles. The first kappa shape index (κ1) is 14.3. The second-order valence-electron chi connectivity index (χ2n) is 5.20. The Kier molecular flexibility index (Phi) is 5.16. The van der Waals surface area contributed by atoms with E-state index in [9.17, 15) is 0 Å². The minimum atomic E-state index is 0.679. The third-order valence-corrected chi connectivity index (χ3v) is 3.35. The smallest absolute Gasteiger partial charge is 0.0659 e. The van der Waals surface area contributed by atoms with Crippen molar-refractivity contribution in [3.8, 4) is 0 Å². The van der Waals surface area contributed by atoms with Crippen molar-refractivity contribution in [2.45, 2.75) is 26.9 Å². The van der Waals surface area contributed by atoms with Crippen molar-refractivity contribution in [1.29, 1.82) is 0 Å². The predicted octanol–water partition coefficient (Wildman–Crippen LogP) is 3.44. The quantitative estimate of drug-likeness (QED) is 0.883. The Morgan fingerprint density at radius 3 is 2.63 bits per heavy atom. The highest BCUT2D eigenvalue weighted by atomic mass is 79.9. The fourth-order valence-corrected chi connectivity index (χ4v) is 2.13. The van der Waals surface area contributed by atoms with Crippen LogP contribution < -0.4 is 5.32 Å². The third-order valence-electron chi connectivity index (χ3n) is 2.83. The topological polar surface area (TPSA) is 29.9 Å². The van der Waals surface area contributed by atoms with Crippen LogP contribution in [0.15, 0.2) is 41.1 Å². The normalized spacial score (nSPS) is 11.2. The molecule has 0 radical (unpaired) electrons. The number of nitrogens with one attached hydrogen (secondary N) is 1. The maximum atomic E-state index is 4.40. The van der Waals surface area contributed by atoms with E-state index >= 15 is 0 Å². The standard InChI is InChI=1S/C15H20BrN3/c1-12(2)7-17-8-14-9-18-19(11-14)10-13-3-5-15(16)6-4-13/h3-6,9,11-12,17H,7-8,10H2,1-2H3. The molecule has 0 spiro atoms. The lowest BCUT2D eigenvalue weighted by Gasteiger charge is -2.05. The Hall–Kier alpha value is -1.13. The number of benzene rings is 1. The van der Waals surface area contributed by atoms with Crippen molar-refractivity contribution in [1.82, 2.24) is 15.1 Å². The molecule has 0 aliphatic rings. The van der Waals surface area contributed by atoms with Gasteiger partial charge in [0.2, 0.25) is 0 Å². The lowest BCUT2D eigenvalue weighted by Crippen LogP contribution is -2.18. The van der Waals surface area contributed by atoms with E-state index in [2.05, 4.69) is 70.7 Å². The van der Waals surface area contributed by atoms with Gasteiger partial charge in [0.1, 0.15) is 0 Å². The molecule has 3 nitrogen and oxygen atoms in total. The van der Waals surface area contributed by atoms with Gasteiger partial charge in [-0.3, -0.25) is 4.68 Å². The number of halogens is 1. The minimum Gasteiger partial charge on any atom is -0.312 e. The highest BCUT2D eigenvalue weighted by Crippen LogP contribution is 2.11. The van der Waals surface area contributed by atoms with E-state index in [-0.39, 0.29) is 0 Å². The first-order valence-electron chi connectivity index (χ1n) is 6.60. The fourth-order valence-electron chi connectivity index (χ4n) is 1.87. The predicted molar refractivity (Wildman–Crippen MR) is 82.0 cm³/mol. The highest BCUT2D eigenvalue weighted by molar-refractivity contribution is 9.10. The Bertz CT molecular complexity index is 502. The summed E-state index contributed by atoms with van der Waals surface area (Å²) in [5, 5.41) is 7.82. The number of hydrogen-bond acceptors (Lipinski definition) is 2. The summed E-state index contributed by atoms with van der Waals surface area (Å²) in [6, 6.07) is 8.35. The zero-order valence-electron chi connectivity index (χ0n) is 11.4. The van der Waals surface area contributed by atoms with Gasteiger partial charge < -0.3 is 5.32 Å². The van der Waals surface area contributed by atoms with Gasteiger partial charge >= 0.3 is 0 Å². The molecule has 0 saturated carbocycles. The zero-order chi connectivity index (χ0) is 13.7. The van der Waals surface area contributed by atoms with Crippen LogP contribution in [0.1, 0.15) is 25.0 Å². The van der Waals surface area contributed by atoms with Crippen LogP contribution in [0.25, 0.3) is 0 Å². The first-order valence-corrected chi connectivity index (χ1v) is 7.39. The summed E-state index contributed by atoms with van der Waals surface area (Å²) in [5.41, 5.74) is 2.49. The van der Waals surface area contributed by atoms with E-state index in [1.54, 1.807) is 0 Å². The molecule has 0 saturated heterocycles. The molecular weight excluding hydrogens is 302 g/mol.